The molecule has 1 atom stereocenters. The summed E-state index contributed by atoms with van der Waals surface area (Å²) < 4.78 is 27.8. The fraction of sp³-hybridized carbons (Fsp3) is 0.216. The maximum absolute atomic E-state index is 13.6. The molecule has 226 valence electrons. The molecule has 1 N–H and O–H groups in total. The molecule has 0 saturated carbocycles. The van der Waals surface area contributed by atoms with Gasteiger partial charge >= 0.3 is 5.97 Å². The summed E-state index contributed by atoms with van der Waals surface area (Å²) in [5, 5.41) is 11.5. The largest absolute Gasteiger partial charge is 0.493 e. The van der Waals surface area contributed by atoms with Gasteiger partial charge in [-0.15, -0.1) is 0 Å². The van der Waals surface area contributed by atoms with Crippen LogP contribution < -0.4 is 4.74 Å². The molecular weight excluding hydrogens is 569 g/mol. The summed E-state index contributed by atoms with van der Waals surface area (Å²) >= 11 is 0. The predicted molar refractivity (Wildman–Crippen MR) is 172 cm³/mol. The monoisotopic (exact) mass is 601 g/mol. The maximum atomic E-state index is 13.6. The van der Waals surface area contributed by atoms with Gasteiger partial charge in [0.1, 0.15) is 17.2 Å². The Kier molecular flexibility index (Phi) is 6.89. The zero-order valence-corrected chi connectivity index (χ0v) is 25.5. The number of carbonyl (C=O) groups is 1. The number of hydrogen-bond acceptors (Lipinski definition) is 5. The molecule has 7 nitrogen and oxygen atoms in total. The van der Waals surface area contributed by atoms with Crippen molar-refractivity contribution in [3.8, 4) is 39.4 Å². The van der Waals surface area contributed by atoms with Crippen LogP contribution in [0.2, 0.25) is 0 Å². The lowest BCUT2D eigenvalue weighted by Crippen LogP contribution is -2.28. The van der Waals surface area contributed by atoms with Crippen molar-refractivity contribution >= 4 is 22.5 Å². The highest BCUT2D eigenvalue weighted by Gasteiger charge is 2.33. The van der Waals surface area contributed by atoms with Gasteiger partial charge in [-0.05, 0) is 92.4 Å². The predicted octanol–water partition coefficient (Wildman–Crippen LogP) is 8.21. The number of imidazole rings is 1. The molecule has 0 spiro atoms. The number of benzene rings is 3. The summed E-state index contributed by atoms with van der Waals surface area (Å²) in [4.78, 5) is 22.7. The SMILES string of the molecule is Cc1cc2nc(-c3cccc(-c4ccc(F)cc4)c3)cn2c(-c2ccc3c4c(ccnc24)CCO3)c1[C@H](OC(C)(C)C)C(=O)O. The van der Waals surface area contributed by atoms with E-state index in [4.69, 9.17) is 19.4 Å². The normalized spacial score (nSPS) is 13.6. The molecule has 0 bridgehead atoms. The molecule has 1 aliphatic heterocycles. The summed E-state index contributed by atoms with van der Waals surface area (Å²) in [6.07, 6.45) is 3.23. The van der Waals surface area contributed by atoms with Gasteiger partial charge in [0.05, 0.1) is 29.1 Å². The van der Waals surface area contributed by atoms with E-state index in [1.165, 1.54) is 12.1 Å². The van der Waals surface area contributed by atoms with Gasteiger partial charge in [0.15, 0.2) is 6.10 Å². The number of ether oxygens (including phenoxy) is 2. The van der Waals surface area contributed by atoms with Crippen LogP contribution in [0, 0.1) is 12.7 Å². The fourth-order valence-electron chi connectivity index (χ4n) is 6.19. The molecule has 0 amide bonds. The van der Waals surface area contributed by atoms with E-state index < -0.39 is 17.7 Å². The van der Waals surface area contributed by atoms with Gasteiger partial charge in [-0.3, -0.25) is 9.38 Å². The minimum absolute atomic E-state index is 0.288. The first-order chi connectivity index (χ1) is 21.6. The van der Waals surface area contributed by atoms with Crippen LogP contribution >= 0.6 is 0 Å². The third kappa shape index (κ3) is 5.21. The van der Waals surface area contributed by atoms with E-state index in [0.29, 0.717) is 29.2 Å². The smallest absolute Gasteiger partial charge is 0.337 e. The molecule has 7 rings (SSSR count). The number of rotatable bonds is 6. The minimum atomic E-state index is -1.25. The van der Waals surface area contributed by atoms with Crippen molar-refractivity contribution in [2.24, 2.45) is 0 Å². The van der Waals surface area contributed by atoms with Crippen LogP contribution in [0.3, 0.4) is 0 Å². The van der Waals surface area contributed by atoms with E-state index in [-0.39, 0.29) is 5.82 Å². The van der Waals surface area contributed by atoms with Crippen molar-refractivity contribution in [2.45, 2.75) is 45.8 Å². The number of carboxylic acids is 1. The van der Waals surface area contributed by atoms with Crippen molar-refractivity contribution < 1.29 is 23.8 Å². The van der Waals surface area contributed by atoms with Crippen LogP contribution in [-0.4, -0.2) is 37.7 Å². The number of fused-ring (bicyclic) bond motifs is 1. The van der Waals surface area contributed by atoms with Crippen LogP contribution in [0.5, 0.6) is 5.75 Å². The summed E-state index contributed by atoms with van der Waals surface area (Å²) in [6, 6.07) is 22.1. The Bertz CT molecular complexity index is 2100. The summed E-state index contributed by atoms with van der Waals surface area (Å²) in [7, 11) is 0. The molecule has 8 heteroatoms. The molecule has 0 radical (unpaired) electrons. The molecule has 4 heterocycles. The van der Waals surface area contributed by atoms with E-state index in [0.717, 1.165) is 56.5 Å². The Labute approximate surface area is 259 Å². The Morgan fingerprint density at radius 2 is 1.80 bits per heavy atom. The van der Waals surface area contributed by atoms with Crippen molar-refractivity contribution in [2.75, 3.05) is 6.61 Å². The highest BCUT2D eigenvalue weighted by molar-refractivity contribution is 6.00. The molecule has 3 aromatic carbocycles. The first-order valence-electron chi connectivity index (χ1n) is 14.9. The number of aryl methyl sites for hydroxylation is 1. The number of hydrogen-bond donors (Lipinski definition) is 1. The lowest BCUT2D eigenvalue weighted by Gasteiger charge is -2.28. The van der Waals surface area contributed by atoms with Crippen LogP contribution in [0.4, 0.5) is 4.39 Å². The topological polar surface area (TPSA) is 86.0 Å². The second-order valence-corrected chi connectivity index (χ2v) is 12.4. The number of nitrogens with zero attached hydrogens (tertiary/aromatic N) is 3. The van der Waals surface area contributed by atoms with Gasteiger partial charge in [-0.25, -0.2) is 14.2 Å². The first kappa shape index (κ1) is 28.7. The lowest BCUT2D eigenvalue weighted by molar-refractivity contribution is -0.160. The van der Waals surface area contributed by atoms with Gasteiger partial charge in [-0.1, -0.05) is 30.3 Å². The van der Waals surface area contributed by atoms with E-state index in [9.17, 15) is 14.3 Å². The molecule has 0 unspecified atom stereocenters. The minimum Gasteiger partial charge on any atom is -0.493 e. The Hall–Kier alpha value is -5.08. The van der Waals surface area contributed by atoms with Gasteiger partial charge in [0.2, 0.25) is 0 Å². The summed E-state index contributed by atoms with van der Waals surface area (Å²) in [5.41, 5.74) is 7.88. The third-order valence-corrected chi connectivity index (χ3v) is 8.12. The Morgan fingerprint density at radius 1 is 1.02 bits per heavy atom. The molecule has 0 fully saturated rings. The number of halogens is 1. The number of aromatic nitrogens is 3. The average molecular weight is 602 g/mol. The van der Waals surface area contributed by atoms with E-state index in [2.05, 4.69) is 0 Å². The maximum Gasteiger partial charge on any atom is 0.337 e. The van der Waals surface area contributed by atoms with Crippen molar-refractivity contribution in [1.29, 1.82) is 0 Å². The van der Waals surface area contributed by atoms with Crippen LogP contribution in [0.15, 0.2) is 85.2 Å². The second-order valence-electron chi connectivity index (χ2n) is 12.4. The molecular formula is C37H32FN3O4. The third-order valence-electron chi connectivity index (χ3n) is 8.12. The van der Waals surface area contributed by atoms with E-state index >= 15 is 0 Å². The van der Waals surface area contributed by atoms with Gasteiger partial charge in [-0.2, -0.15) is 0 Å². The summed E-state index contributed by atoms with van der Waals surface area (Å²) in [6.45, 7) is 8.03. The molecule has 1 aliphatic rings. The highest BCUT2D eigenvalue weighted by Crippen LogP contribution is 2.43. The van der Waals surface area contributed by atoms with Crippen molar-refractivity contribution in [3.63, 3.8) is 0 Å². The zero-order valence-electron chi connectivity index (χ0n) is 25.5. The van der Waals surface area contributed by atoms with Gasteiger partial charge in [0, 0.05) is 40.9 Å². The quantitative estimate of drug-likeness (QED) is 0.207. The zero-order chi connectivity index (χ0) is 31.5. The second kappa shape index (κ2) is 10.8. The van der Waals surface area contributed by atoms with Gasteiger partial charge < -0.3 is 14.6 Å². The Morgan fingerprint density at radius 3 is 2.56 bits per heavy atom. The van der Waals surface area contributed by atoms with Crippen LogP contribution in [-0.2, 0) is 16.0 Å². The molecule has 0 saturated heterocycles. The van der Waals surface area contributed by atoms with Crippen LogP contribution in [0.25, 0.3) is 50.2 Å². The standard InChI is InChI=1S/C37H32FN3O4/c1-21-18-30-40-28(25-7-5-6-24(19-25)22-8-10-26(38)11-9-22)20-41(30)34(31(21)35(36(42)43)45-37(2,3)4)27-12-13-29-32-23(15-17-44-29)14-16-39-33(27)32/h5-14,16,18-20,35H,15,17H2,1-4H3,(H,42,43)/t35-/m0/s1. The summed E-state index contributed by atoms with van der Waals surface area (Å²) in [5.74, 6) is -0.609. The first-order valence-corrected chi connectivity index (χ1v) is 14.9. The molecule has 3 aromatic heterocycles. The Balaban J connectivity index is 1.50. The molecule has 45 heavy (non-hydrogen) atoms. The van der Waals surface area contributed by atoms with Gasteiger partial charge in [0.25, 0.3) is 0 Å². The number of aliphatic carboxylic acids is 1. The molecule has 0 aliphatic carbocycles. The highest BCUT2D eigenvalue weighted by atomic mass is 19.1. The van der Waals surface area contributed by atoms with Crippen molar-refractivity contribution in [3.05, 3.63) is 108 Å². The average Bonchev–Trinajstić information content (AvgIpc) is 3.44. The molecule has 6 aromatic rings. The lowest BCUT2D eigenvalue weighted by atomic mass is 9.92. The number of carboxylic acid groups (broad SMARTS) is 1. The van der Waals surface area contributed by atoms with E-state index in [1.54, 1.807) is 18.3 Å². The number of pyridine rings is 2. The van der Waals surface area contributed by atoms with Crippen molar-refractivity contribution in [1.82, 2.24) is 14.4 Å². The van der Waals surface area contributed by atoms with Crippen LogP contribution in [0.1, 0.15) is 43.6 Å². The van der Waals surface area contributed by atoms with E-state index in [1.807, 2.05) is 86.8 Å². The fourth-order valence-corrected chi connectivity index (χ4v) is 6.19.